The number of halogens is 1. The van der Waals surface area contributed by atoms with E-state index in [9.17, 15) is 20.2 Å². The van der Waals surface area contributed by atoms with Gasteiger partial charge in [0.05, 0.1) is 9.40 Å². The van der Waals surface area contributed by atoms with Crippen molar-refractivity contribution in [1.82, 2.24) is 5.32 Å². The van der Waals surface area contributed by atoms with E-state index in [1.807, 2.05) is 36.4 Å². The molecule has 0 unspecified atom stereocenters. The van der Waals surface area contributed by atoms with Gasteiger partial charge in [0.15, 0.2) is 0 Å². The quantitative estimate of drug-likeness (QED) is 0.347. The van der Waals surface area contributed by atoms with Crippen LogP contribution in [0.15, 0.2) is 58.6 Å². The third-order valence-electron chi connectivity index (χ3n) is 3.39. The summed E-state index contributed by atoms with van der Waals surface area (Å²) >= 11 is 3.09. The van der Waals surface area contributed by atoms with Gasteiger partial charge in [0.2, 0.25) is 0 Å². The van der Waals surface area contributed by atoms with E-state index in [-0.39, 0.29) is 11.3 Å². The molecule has 7 heteroatoms. The van der Waals surface area contributed by atoms with Gasteiger partial charge in [-0.2, -0.15) is 5.26 Å². The highest BCUT2D eigenvalue weighted by Crippen LogP contribution is 2.26. The first-order chi connectivity index (χ1) is 12.0. The standard InChI is InChI=1S/C18H14BrN3O3/c19-16-7-6-14(11-17(16)22(24)25)10-15(12-20)18(23)21-9-8-13-4-2-1-3-5-13/h1-7,10-11H,8-9H2,(H,21,23)/b15-10+. The third kappa shape index (κ3) is 5.26. The monoisotopic (exact) mass is 399 g/mol. The zero-order chi connectivity index (χ0) is 18.2. The fourth-order valence-corrected chi connectivity index (χ4v) is 2.53. The summed E-state index contributed by atoms with van der Waals surface area (Å²) in [7, 11) is 0. The van der Waals surface area contributed by atoms with Gasteiger partial charge in [-0.25, -0.2) is 0 Å². The van der Waals surface area contributed by atoms with Gasteiger partial charge in [0.1, 0.15) is 11.6 Å². The molecular weight excluding hydrogens is 386 g/mol. The number of nitrogens with one attached hydrogen (secondary N) is 1. The summed E-state index contributed by atoms with van der Waals surface area (Å²) < 4.78 is 0.334. The van der Waals surface area contributed by atoms with Crippen LogP contribution in [-0.2, 0) is 11.2 Å². The third-order valence-corrected chi connectivity index (χ3v) is 4.06. The zero-order valence-electron chi connectivity index (χ0n) is 13.1. The Morgan fingerprint density at radius 2 is 2.00 bits per heavy atom. The number of carbonyl (C=O) groups is 1. The van der Waals surface area contributed by atoms with Crippen molar-refractivity contribution in [2.75, 3.05) is 6.54 Å². The summed E-state index contributed by atoms with van der Waals surface area (Å²) in [6.45, 7) is 0.391. The second kappa shape index (κ2) is 8.76. The second-order valence-electron chi connectivity index (χ2n) is 5.13. The molecule has 0 bridgehead atoms. The predicted octanol–water partition coefficient (Wildman–Crippen LogP) is 3.62. The lowest BCUT2D eigenvalue weighted by Crippen LogP contribution is -2.26. The van der Waals surface area contributed by atoms with Crippen molar-refractivity contribution in [1.29, 1.82) is 5.26 Å². The Kier molecular flexibility index (Phi) is 6.43. The zero-order valence-corrected chi connectivity index (χ0v) is 14.7. The van der Waals surface area contributed by atoms with E-state index in [2.05, 4.69) is 21.2 Å². The van der Waals surface area contributed by atoms with Crippen molar-refractivity contribution < 1.29 is 9.72 Å². The number of carbonyl (C=O) groups excluding carboxylic acids is 1. The Balaban J connectivity index is 2.06. The molecule has 0 radical (unpaired) electrons. The van der Waals surface area contributed by atoms with Crippen LogP contribution in [0.2, 0.25) is 0 Å². The number of amides is 1. The first kappa shape index (κ1) is 18.4. The van der Waals surface area contributed by atoms with Gasteiger partial charge < -0.3 is 5.32 Å². The summed E-state index contributed by atoms with van der Waals surface area (Å²) in [4.78, 5) is 22.5. The van der Waals surface area contributed by atoms with Crippen LogP contribution in [0, 0.1) is 21.4 Å². The number of hydrogen-bond acceptors (Lipinski definition) is 4. The van der Waals surface area contributed by atoms with Crippen LogP contribution in [0.5, 0.6) is 0 Å². The minimum Gasteiger partial charge on any atom is -0.351 e. The molecule has 0 spiro atoms. The van der Waals surface area contributed by atoms with Crippen LogP contribution < -0.4 is 5.32 Å². The number of benzene rings is 2. The van der Waals surface area contributed by atoms with E-state index in [0.29, 0.717) is 23.0 Å². The summed E-state index contributed by atoms with van der Waals surface area (Å²) in [6.07, 6.45) is 1.98. The molecule has 0 atom stereocenters. The lowest BCUT2D eigenvalue weighted by molar-refractivity contribution is -0.385. The number of nitriles is 1. The van der Waals surface area contributed by atoms with Gasteiger partial charge in [0.25, 0.3) is 11.6 Å². The van der Waals surface area contributed by atoms with Crippen LogP contribution in [0.1, 0.15) is 11.1 Å². The highest BCUT2D eigenvalue weighted by Gasteiger charge is 2.13. The Bertz CT molecular complexity index is 858. The maximum Gasteiger partial charge on any atom is 0.284 e. The minimum atomic E-state index is -0.534. The van der Waals surface area contributed by atoms with E-state index in [1.54, 1.807) is 6.07 Å². The molecule has 0 saturated heterocycles. The molecule has 0 fully saturated rings. The van der Waals surface area contributed by atoms with Gasteiger partial charge in [-0.1, -0.05) is 36.4 Å². The second-order valence-corrected chi connectivity index (χ2v) is 5.98. The summed E-state index contributed by atoms with van der Waals surface area (Å²) in [5.41, 5.74) is 1.25. The van der Waals surface area contributed by atoms with Crippen molar-refractivity contribution >= 4 is 33.6 Å². The number of hydrogen-bond donors (Lipinski definition) is 1. The molecule has 25 heavy (non-hydrogen) atoms. The highest BCUT2D eigenvalue weighted by molar-refractivity contribution is 9.10. The fraction of sp³-hybridized carbons (Fsp3) is 0.111. The Morgan fingerprint density at radius 1 is 1.28 bits per heavy atom. The summed E-state index contributed by atoms with van der Waals surface area (Å²) in [5, 5.41) is 22.8. The summed E-state index contributed by atoms with van der Waals surface area (Å²) in [6, 6.07) is 15.9. The first-order valence-corrected chi connectivity index (χ1v) is 8.18. The maximum absolute atomic E-state index is 12.1. The smallest absolute Gasteiger partial charge is 0.284 e. The molecule has 0 saturated carbocycles. The van der Waals surface area contributed by atoms with E-state index >= 15 is 0 Å². The van der Waals surface area contributed by atoms with E-state index in [0.717, 1.165) is 5.56 Å². The van der Waals surface area contributed by atoms with Crippen molar-refractivity contribution in [2.45, 2.75) is 6.42 Å². The van der Waals surface area contributed by atoms with E-state index in [4.69, 9.17) is 0 Å². The number of rotatable bonds is 6. The van der Waals surface area contributed by atoms with E-state index in [1.165, 1.54) is 18.2 Å². The topological polar surface area (TPSA) is 96.0 Å². The lowest BCUT2D eigenvalue weighted by atomic mass is 10.1. The molecule has 1 amide bonds. The number of nitro benzene ring substituents is 1. The lowest BCUT2D eigenvalue weighted by Gasteiger charge is -2.05. The number of nitro groups is 1. The van der Waals surface area contributed by atoms with Crippen molar-refractivity contribution in [2.24, 2.45) is 0 Å². The molecule has 1 N–H and O–H groups in total. The van der Waals surface area contributed by atoms with Gasteiger partial charge >= 0.3 is 0 Å². The average Bonchev–Trinajstić information content (AvgIpc) is 2.61. The van der Waals surface area contributed by atoms with Crippen LogP contribution >= 0.6 is 15.9 Å². The van der Waals surface area contributed by atoms with Gasteiger partial charge in [0, 0.05) is 12.6 Å². The largest absolute Gasteiger partial charge is 0.351 e. The van der Waals surface area contributed by atoms with Crippen molar-refractivity contribution in [3.8, 4) is 6.07 Å². The highest BCUT2D eigenvalue weighted by atomic mass is 79.9. The van der Waals surface area contributed by atoms with Gasteiger partial charge in [-0.15, -0.1) is 0 Å². The molecule has 126 valence electrons. The van der Waals surface area contributed by atoms with Gasteiger partial charge in [-0.3, -0.25) is 14.9 Å². The SMILES string of the molecule is N#C/C(=C\c1ccc(Br)c([N+](=O)[O-])c1)C(=O)NCCc1ccccc1. The Labute approximate surface area is 153 Å². The molecule has 0 aliphatic heterocycles. The van der Waals surface area contributed by atoms with Crippen LogP contribution in [0.3, 0.4) is 0 Å². The molecule has 6 nitrogen and oxygen atoms in total. The minimum absolute atomic E-state index is 0.107. The molecule has 2 aromatic rings. The van der Waals surface area contributed by atoms with Crippen LogP contribution in [0.25, 0.3) is 6.08 Å². The Morgan fingerprint density at radius 3 is 2.64 bits per heavy atom. The maximum atomic E-state index is 12.1. The first-order valence-electron chi connectivity index (χ1n) is 7.39. The molecule has 0 heterocycles. The average molecular weight is 400 g/mol. The van der Waals surface area contributed by atoms with E-state index < -0.39 is 10.8 Å². The van der Waals surface area contributed by atoms with Crippen molar-refractivity contribution in [3.63, 3.8) is 0 Å². The van der Waals surface area contributed by atoms with Gasteiger partial charge in [-0.05, 0) is 45.6 Å². The molecule has 0 aliphatic carbocycles. The Hall–Kier alpha value is -2.98. The molecule has 0 aliphatic rings. The predicted molar refractivity (Wildman–Crippen MR) is 97.5 cm³/mol. The fourth-order valence-electron chi connectivity index (χ4n) is 2.13. The summed E-state index contributed by atoms with van der Waals surface area (Å²) in [5.74, 6) is -0.510. The normalized spacial score (nSPS) is 10.8. The molecular formula is C18H14BrN3O3. The molecule has 0 aromatic heterocycles. The number of nitrogens with zero attached hydrogens (tertiary/aromatic N) is 2. The van der Waals surface area contributed by atoms with Crippen LogP contribution in [-0.4, -0.2) is 17.4 Å². The molecule has 2 rings (SSSR count). The molecule has 2 aromatic carbocycles. The van der Waals surface area contributed by atoms with Crippen molar-refractivity contribution in [3.05, 3.63) is 79.8 Å². The van der Waals surface area contributed by atoms with Crippen LogP contribution in [0.4, 0.5) is 5.69 Å².